The highest BCUT2D eigenvalue weighted by molar-refractivity contribution is 7.80. The number of H-pyrrole nitrogens is 1. The maximum Gasteiger partial charge on any atom is 0.189 e. The van der Waals surface area contributed by atoms with Crippen molar-refractivity contribution < 1.29 is 13.9 Å². The van der Waals surface area contributed by atoms with Crippen LogP contribution in [0, 0.1) is 11.6 Å². The lowest BCUT2D eigenvalue weighted by Gasteiger charge is -2.39. The third-order valence-corrected chi connectivity index (χ3v) is 5.13. The zero-order chi connectivity index (χ0) is 21.9. The molecule has 0 aliphatic rings. The van der Waals surface area contributed by atoms with Crippen LogP contribution in [0.4, 0.5) is 14.6 Å². The highest BCUT2D eigenvalue weighted by Gasteiger charge is 2.42. The summed E-state index contributed by atoms with van der Waals surface area (Å²) in [6.07, 6.45) is 2.53. The number of rotatable bonds is 6. The van der Waals surface area contributed by atoms with E-state index in [-0.39, 0.29) is 22.9 Å². The van der Waals surface area contributed by atoms with Crippen LogP contribution in [0.3, 0.4) is 0 Å². The Morgan fingerprint density at radius 2 is 2.13 bits per heavy atom. The minimum atomic E-state index is -1.95. The van der Waals surface area contributed by atoms with Gasteiger partial charge in [0, 0.05) is 24.2 Å². The second-order valence-corrected chi connectivity index (χ2v) is 7.34. The van der Waals surface area contributed by atoms with E-state index in [9.17, 15) is 13.9 Å². The standard InChI is InChI=1S/C18H18ClF2N7OS/c1-10(28(22)17(30)26-15-5-2-11(19)8-23-15)18(29,7-16-24-9-25-27-16)13-4-3-12(20)6-14(13)21/h2-6,8-10,29H,7,22H2,1H3,(H,23,26,30)(H,24,25,27)/t10-,18+/m1/s1. The second-order valence-electron chi connectivity index (χ2n) is 6.52. The molecular formula is C18H18ClF2N7OS. The number of thiocarbonyl (C=S) groups is 1. The average Bonchev–Trinajstić information content (AvgIpc) is 3.21. The molecule has 5 N–H and O–H groups in total. The average molecular weight is 454 g/mol. The lowest BCUT2D eigenvalue weighted by molar-refractivity contribution is -0.0301. The molecule has 0 radical (unpaired) electrons. The number of halogens is 3. The zero-order valence-corrected chi connectivity index (χ0v) is 17.3. The number of aromatic nitrogens is 4. The molecule has 0 saturated heterocycles. The van der Waals surface area contributed by atoms with Crippen LogP contribution < -0.4 is 11.2 Å². The predicted octanol–water partition coefficient (Wildman–Crippen LogP) is 2.52. The number of anilines is 1. The maximum absolute atomic E-state index is 14.6. The second kappa shape index (κ2) is 8.96. The summed E-state index contributed by atoms with van der Waals surface area (Å²) in [5.74, 6) is 5.01. The first-order valence-electron chi connectivity index (χ1n) is 8.69. The Bertz CT molecular complexity index is 1020. The predicted molar refractivity (Wildman–Crippen MR) is 111 cm³/mol. The normalized spacial score (nSPS) is 14.1. The van der Waals surface area contributed by atoms with Crippen molar-refractivity contribution in [3.8, 4) is 0 Å². The molecule has 0 aliphatic heterocycles. The van der Waals surface area contributed by atoms with Gasteiger partial charge in [0.2, 0.25) is 0 Å². The van der Waals surface area contributed by atoms with Crippen LogP contribution in [0.25, 0.3) is 0 Å². The Labute approximate surface area is 181 Å². The highest BCUT2D eigenvalue weighted by atomic mass is 35.5. The first-order chi connectivity index (χ1) is 14.2. The maximum atomic E-state index is 14.6. The molecule has 2 aromatic heterocycles. The first kappa shape index (κ1) is 22.0. The molecule has 3 rings (SSSR count). The van der Waals surface area contributed by atoms with Gasteiger partial charge in [0.05, 0.1) is 11.1 Å². The van der Waals surface area contributed by atoms with Gasteiger partial charge in [-0.3, -0.25) is 10.1 Å². The summed E-state index contributed by atoms with van der Waals surface area (Å²) < 4.78 is 28.0. The fourth-order valence-corrected chi connectivity index (χ4v) is 3.27. The minimum absolute atomic E-state index is 0.00764. The lowest BCUT2D eigenvalue weighted by Crippen LogP contribution is -2.57. The number of hydrogen-bond acceptors (Lipinski definition) is 6. The van der Waals surface area contributed by atoms with Crippen molar-refractivity contribution in [2.75, 3.05) is 5.32 Å². The van der Waals surface area contributed by atoms with E-state index in [0.717, 1.165) is 17.1 Å². The molecule has 0 bridgehead atoms. The fraction of sp³-hybridized carbons (Fsp3) is 0.222. The molecular weight excluding hydrogens is 436 g/mol. The molecule has 0 saturated carbocycles. The first-order valence-corrected chi connectivity index (χ1v) is 9.48. The van der Waals surface area contributed by atoms with Crippen LogP contribution in [-0.2, 0) is 12.0 Å². The summed E-state index contributed by atoms with van der Waals surface area (Å²) in [7, 11) is 0. The summed E-state index contributed by atoms with van der Waals surface area (Å²) >= 11 is 11.1. The number of nitrogens with one attached hydrogen (secondary N) is 2. The van der Waals surface area contributed by atoms with Crippen LogP contribution in [-0.4, -0.2) is 41.4 Å². The van der Waals surface area contributed by atoms with E-state index in [1.807, 2.05) is 0 Å². The van der Waals surface area contributed by atoms with E-state index in [0.29, 0.717) is 16.9 Å². The van der Waals surface area contributed by atoms with E-state index in [4.69, 9.17) is 29.7 Å². The number of hydrazine groups is 1. The molecule has 0 spiro atoms. The number of hydrogen-bond donors (Lipinski definition) is 4. The molecule has 12 heteroatoms. The summed E-state index contributed by atoms with van der Waals surface area (Å²) in [5, 5.41) is 22.3. The van der Waals surface area contributed by atoms with Crippen molar-refractivity contribution in [1.82, 2.24) is 25.2 Å². The third-order valence-electron chi connectivity index (χ3n) is 4.60. The van der Waals surface area contributed by atoms with E-state index < -0.39 is 23.3 Å². The fourth-order valence-electron chi connectivity index (χ4n) is 2.90. The molecule has 0 unspecified atom stereocenters. The number of pyridine rings is 1. The molecule has 158 valence electrons. The van der Waals surface area contributed by atoms with Crippen molar-refractivity contribution in [3.63, 3.8) is 0 Å². The number of aliphatic hydroxyl groups is 1. The Morgan fingerprint density at radius 3 is 2.73 bits per heavy atom. The largest absolute Gasteiger partial charge is 0.382 e. The zero-order valence-electron chi connectivity index (χ0n) is 15.7. The van der Waals surface area contributed by atoms with Crippen LogP contribution in [0.2, 0.25) is 5.02 Å². The SMILES string of the molecule is C[C@@H](N(N)C(=S)Nc1ccc(Cl)cn1)[C@@](O)(Cc1nc[nH]n1)c1ccc(F)cc1F. The highest BCUT2D eigenvalue weighted by Crippen LogP contribution is 2.33. The molecule has 0 amide bonds. The molecule has 30 heavy (non-hydrogen) atoms. The van der Waals surface area contributed by atoms with Gasteiger partial charge < -0.3 is 10.4 Å². The summed E-state index contributed by atoms with van der Waals surface area (Å²) in [6.45, 7) is 1.54. The van der Waals surface area contributed by atoms with Crippen LogP contribution >= 0.6 is 23.8 Å². The molecule has 8 nitrogen and oxygen atoms in total. The van der Waals surface area contributed by atoms with Crippen molar-refractivity contribution in [2.24, 2.45) is 5.84 Å². The molecule has 0 fully saturated rings. The van der Waals surface area contributed by atoms with Gasteiger partial charge in [0.15, 0.2) is 10.9 Å². The molecule has 0 aliphatic carbocycles. The van der Waals surface area contributed by atoms with E-state index in [1.54, 1.807) is 19.1 Å². The topological polar surface area (TPSA) is 116 Å². The van der Waals surface area contributed by atoms with Crippen LogP contribution in [0.5, 0.6) is 0 Å². The minimum Gasteiger partial charge on any atom is -0.382 e. The van der Waals surface area contributed by atoms with Gasteiger partial charge in [0.25, 0.3) is 0 Å². The van der Waals surface area contributed by atoms with E-state index in [2.05, 4.69) is 25.5 Å². The van der Waals surface area contributed by atoms with Gasteiger partial charge in [-0.05, 0) is 37.3 Å². The Balaban J connectivity index is 1.91. The monoisotopic (exact) mass is 453 g/mol. The number of nitrogens with two attached hydrogens (primary N) is 1. The number of aromatic amines is 1. The molecule has 2 atom stereocenters. The van der Waals surface area contributed by atoms with E-state index in [1.165, 1.54) is 12.5 Å². The summed E-state index contributed by atoms with van der Waals surface area (Å²) in [6, 6.07) is 5.09. The van der Waals surface area contributed by atoms with Gasteiger partial charge >= 0.3 is 0 Å². The Kier molecular flexibility index (Phi) is 6.56. The molecule has 2 heterocycles. The van der Waals surface area contributed by atoms with Crippen molar-refractivity contribution in [3.05, 3.63) is 70.9 Å². The van der Waals surface area contributed by atoms with Crippen LogP contribution in [0.15, 0.2) is 42.9 Å². The van der Waals surface area contributed by atoms with Gasteiger partial charge in [-0.15, -0.1) is 0 Å². The van der Waals surface area contributed by atoms with Crippen molar-refractivity contribution in [1.29, 1.82) is 0 Å². The quantitative estimate of drug-likeness (QED) is 0.255. The van der Waals surface area contributed by atoms with Crippen molar-refractivity contribution in [2.45, 2.75) is 25.0 Å². The van der Waals surface area contributed by atoms with Gasteiger partial charge in [-0.1, -0.05) is 17.7 Å². The van der Waals surface area contributed by atoms with Crippen molar-refractivity contribution >= 4 is 34.7 Å². The van der Waals surface area contributed by atoms with E-state index >= 15 is 0 Å². The molecule has 3 aromatic rings. The van der Waals surface area contributed by atoms with Gasteiger partial charge in [-0.2, -0.15) is 5.10 Å². The van der Waals surface area contributed by atoms with Crippen LogP contribution in [0.1, 0.15) is 18.3 Å². The lowest BCUT2D eigenvalue weighted by atomic mass is 9.83. The third kappa shape index (κ3) is 4.70. The number of benzene rings is 1. The summed E-state index contributed by atoms with van der Waals surface area (Å²) in [5.41, 5.74) is -2.13. The molecule has 1 aromatic carbocycles. The Hall–Kier alpha value is -2.73. The summed E-state index contributed by atoms with van der Waals surface area (Å²) in [4.78, 5) is 8.05. The number of nitrogens with zero attached hydrogens (tertiary/aromatic N) is 4. The van der Waals surface area contributed by atoms with Gasteiger partial charge in [-0.25, -0.2) is 24.6 Å². The Morgan fingerprint density at radius 1 is 1.37 bits per heavy atom. The smallest absolute Gasteiger partial charge is 0.189 e. The van der Waals surface area contributed by atoms with Gasteiger partial charge in [0.1, 0.15) is 29.4 Å².